The molecule has 0 aliphatic rings. The molecular formula is C27H49N7O8. The summed E-state index contributed by atoms with van der Waals surface area (Å²) in [5.74, 6) is -7.22. The van der Waals surface area contributed by atoms with Crippen LogP contribution in [0.3, 0.4) is 0 Å². The Morgan fingerprint density at radius 3 is 1.81 bits per heavy atom. The van der Waals surface area contributed by atoms with Crippen LogP contribution in [-0.2, 0) is 28.8 Å². The Balaban J connectivity index is 5.69. The summed E-state index contributed by atoms with van der Waals surface area (Å²) >= 11 is 0. The summed E-state index contributed by atoms with van der Waals surface area (Å²) in [6.45, 7) is 8.78. The molecule has 0 rings (SSSR count). The van der Waals surface area contributed by atoms with Crippen LogP contribution in [0.2, 0.25) is 0 Å². The summed E-state index contributed by atoms with van der Waals surface area (Å²) in [4.78, 5) is 78.9. The molecular weight excluding hydrogens is 550 g/mol. The fraction of sp³-hybridized carbons (Fsp3) is 0.741. The topological polar surface area (TPSA) is 269 Å². The monoisotopic (exact) mass is 599 g/mol. The fourth-order valence-corrected chi connectivity index (χ4v) is 4.09. The molecule has 0 fully saturated rings. The van der Waals surface area contributed by atoms with E-state index in [-0.39, 0.29) is 37.7 Å². The van der Waals surface area contributed by atoms with E-state index in [0.29, 0.717) is 19.3 Å². The van der Waals surface area contributed by atoms with E-state index in [2.05, 4.69) is 20.9 Å². The number of aliphatic carboxylic acids is 2. The Kier molecular flexibility index (Phi) is 17.7. The lowest BCUT2D eigenvalue weighted by Crippen LogP contribution is -2.58. The van der Waals surface area contributed by atoms with Crippen molar-refractivity contribution in [2.45, 2.75) is 104 Å². The van der Waals surface area contributed by atoms with Crippen LogP contribution in [0.25, 0.3) is 0 Å². The lowest BCUT2D eigenvalue weighted by Gasteiger charge is -2.27. The number of amides is 3. The maximum atomic E-state index is 13.2. The predicted octanol–water partition coefficient (Wildman–Crippen LogP) is -0.541. The van der Waals surface area contributed by atoms with Crippen molar-refractivity contribution in [1.29, 1.82) is 0 Å². The smallest absolute Gasteiger partial charge is 0.307 e. The molecule has 15 heteroatoms. The lowest BCUT2D eigenvalue weighted by atomic mass is 9.86. The largest absolute Gasteiger partial charge is 0.481 e. The van der Waals surface area contributed by atoms with Crippen LogP contribution in [0, 0.1) is 17.8 Å². The first-order valence-electron chi connectivity index (χ1n) is 14.2. The molecule has 240 valence electrons. The van der Waals surface area contributed by atoms with E-state index < -0.39 is 77.9 Å². The van der Waals surface area contributed by atoms with Gasteiger partial charge in [-0.2, -0.15) is 0 Å². The second-order valence-corrected chi connectivity index (χ2v) is 11.0. The molecule has 0 aliphatic heterocycles. The molecule has 0 aromatic rings. The van der Waals surface area contributed by atoms with Gasteiger partial charge in [0.2, 0.25) is 17.7 Å². The maximum absolute atomic E-state index is 13.2. The Bertz CT molecular complexity index is 966. The molecule has 0 unspecified atom stereocenters. The number of nitrogens with two attached hydrogens (primary N) is 3. The van der Waals surface area contributed by atoms with Crippen molar-refractivity contribution in [2.75, 3.05) is 6.54 Å². The van der Waals surface area contributed by atoms with Gasteiger partial charge in [-0.3, -0.25) is 33.8 Å². The molecule has 3 amide bonds. The van der Waals surface area contributed by atoms with Crippen molar-refractivity contribution in [3.63, 3.8) is 0 Å². The van der Waals surface area contributed by atoms with Gasteiger partial charge in [0, 0.05) is 13.0 Å². The predicted molar refractivity (Wildman–Crippen MR) is 156 cm³/mol. The molecule has 0 saturated heterocycles. The van der Waals surface area contributed by atoms with Gasteiger partial charge in [0.05, 0.1) is 24.4 Å². The van der Waals surface area contributed by atoms with Crippen molar-refractivity contribution in [3.8, 4) is 0 Å². The first-order valence-corrected chi connectivity index (χ1v) is 14.2. The highest BCUT2D eigenvalue weighted by Crippen LogP contribution is 2.19. The summed E-state index contributed by atoms with van der Waals surface area (Å²) in [7, 11) is 0. The molecule has 0 radical (unpaired) electrons. The van der Waals surface area contributed by atoms with Crippen LogP contribution in [-0.4, -0.2) is 82.3 Å². The number of guanidine groups is 1. The highest BCUT2D eigenvalue weighted by molar-refractivity contribution is 5.97. The molecule has 0 spiro atoms. The van der Waals surface area contributed by atoms with Crippen LogP contribution in [0.15, 0.2) is 4.99 Å². The van der Waals surface area contributed by atoms with Crippen molar-refractivity contribution in [1.82, 2.24) is 16.0 Å². The van der Waals surface area contributed by atoms with Gasteiger partial charge in [-0.25, -0.2) is 0 Å². The number of hydrogen-bond donors (Lipinski definition) is 8. The van der Waals surface area contributed by atoms with Gasteiger partial charge in [0.1, 0.15) is 12.1 Å². The Morgan fingerprint density at radius 1 is 0.762 bits per heavy atom. The molecule has 0 heterocycles. The number of carbonyl (C=O) groups excluding carboxylic acids is 4. The number of carbonyl (C=O) groups is 6. The fourth-order valence-electron chi connectivity index (χ4n) is 4.09. The van der Waals surface area contributed by atoms with Gasteiger partial charge in [0.25, 0.3) is 0 Å². The minimum absolute atomic E-state index is 0.0895. The molecule has 0 bridgehead atoms. The minimum Gasteiger partial charge on any atom is -0.481 e. The van der Waals surface area contributed by atoms with Gasteiger partial charge in [-0.05, 0) is 31.1 Å². The third kappa shape index (κ3) is 14.8. The summed E-state index contributed by atoms with van der Waals surface area (Å²) in [6, 6.07) is -4.75. The average Bonchev–Trinajstić information content (AvgIpc) is 2.88. The summed E-state index contributed by atoms with van der Waals surface area (Å²) < 4.78 is 0. The van der Waals surface area contributed by atoms with E-state index in [0.717, 1.165) is 0 Å². The Labute approximate surface area is 246 Å². The number of rotatable bonds is 21. The van der Waals surface area contributed by atoms with Gasteiger partial charge in [-0.1, -0.05) is 47.5 Å². The second kappa shape index (κ2) is 19.4. The van der Waals surface area contributed by atoms with E-state index in [1.807, 2.05) is 6.92 Å². The molecule has 5 atom stereocenters. The summed E-state index contributed by atoms with van der Waals surface area (Å²) in [6.07, 6.45) is 0.962. The molecule has 42 heavy (non-hydrogen) atoms. The number of aliphatic imine (C=N–C) groups is 1. The number of hydrogen-bond acceptors (Lipinski definition) is 8. The SMILES string of the molecule is CCCC[C@H](NC(=O)[C@@H](N)CCCN=C(N)N)C(=O)N[C@@H](CC(=O)O)C(=O)N[C@H](C(=O)C[C@H](C(=O)O)C(C)C)C(C)C. The van der Waals surface area contributed by atoms with Crippen LogP contribution in [0.4, 0.5) is 0 Å². The van der Waals surface area contributed by atoms with E-state index in [9.17, 15) is 39.0 Å². The third-order valence-corrected chi connectivity index (χ3v) is 6.65. The maximum Gasteiger partial charge on any atom is 0.307 e. The molecule has 11 N–H and O–H groups in total. The normalized spacial score (nSPS) is 14.7. The van der Waals surface area contributed by atoms with Crippen LogP contribution >= 0.6 is 0 Å². The number of nitrogens with zero attached hydrogens (tertiary/aromatic N) is 1. The van der Waals surface area contributed by atoms with Crippen molar-refractivity contribution < 1.29 is 39.0 Å². The van der Waals surface area contributed by atoms with E-state index in [1.165, 1.54) is 0 Å². The standard InChI is InChI=1S/C27H49N7O8/c1-6-7-10-18(32-23(38)17(28)9-8-11-31-27(29)30)24(39)33-19(13-21(36)37)25(40)34-22(15(4)5)20(35)12-16(14(2)3)26(41)42/h14-19,22H,6-13,28H2,1-5H3,(H,32,38)(H,33,39)(H,34,40)(H,36,37)(H,41,42)(H4,29,30,31)/t16-,17-,18-,19-,22-/m0/s1. The number of unbranched alkanes of at least 4 members (excludes halogenated alkanes) is 1. The number of nitrogens with one attached hydrogen (secondary N) is 3. The van der Waals surface area contributed by atoms with E-state index in [4.69, 9.17) is 17.2 Å². The van der Waals surface area contributed by atoms with Crippen molar-refractivity contribution >= 4 is 41.4 Å². The minimum atomic E-state index is -1.57. The zero-order valence-electron chi connectivity index (χ0n) is 25.2. The third-order valence-electron chi connectivity index (χ3n) is 6.65. The van der Waals surface area contributed by atoms with E-state index in [1.54, 1.807) is 27.7 Å². The quantitative estimate of drug-likeness (QED) is 0.0471. The molecule has 0 aliphatic carbocycles. The van der Waals surface area contributed by atoms with Gasteiger partial charge < -0.3 is 43.4 Å². The number of Topliss-reactive ketones (excluding diaryl/α,β-unsaturated/α-hetero) is 1. The van der Waals surface area contributed by atoms with E-state index >= 15 is 0 Å². The number of carboxylic acid groups (broad SMARTS) is 2. The zero-order chi connectivity index (χ0) is 32.6. The Morgan fingerprint density at radius 2 is 1.33 bits per heavy atom. The molecule has 0 saturated carbocycles. The van der Waals surface area contributed by atoms with Gasteiger partial charge in [0.15, 0.2) is 11.7 Å². The van der Waals surface area contributed by atoms with Crippen LogP contribution in [0.5, 0.6) is 0 Å². The zero-order valence-corrected chi connectivity index (χ0v) is 25.2. The second-order valence-electron chi connectivity index (χ2n) is 11.0. The highest BCUT2D eigenvalue weighted by Gasteiger charge is 2.34. The lowest BCUT2D eigenvalue weighted by molar-refractivity contribution is -0.146. The molecule has 0 aromatic heterocycles. The van der Waals surface area contributed by atoms with Crippen LogP contribution in [0.1, 0.15) is 79.6 Å². The highest BCUT2D eigenvalue weighted by atomic mass is 16.4. The molecule has 15 nitrogen and oxygen atoms in total. The molecule has 0 aromatic carbocycles. The van der Waals surface area contributed by atoms with Crippen LogP contribution < -0.4 is 33.2 Å². The van der Waals surface area contributed by atoms with Crippen molar-refractivity contribution in [3.05, 3.63) is 0 Å². The van der Waals surface area contributed by atoms with Gasteiger partial charge >= 0.3 is 11.9 Å². The first-order chi connectivity index (χ1) is 19.5. The number of carboxylic acids is 2. The van der Waals surface area contributed by atoms with Gasteiger partial charge in [-0.15, -0.1) is 0 Å². The number of ketones is 1. The summed E-state index contributed by atoms with van der Waals surface area (Å²) in [5.41, 5.74) is 16.5. The summed E-state index contributed by atoms with van der Waals surface area (Å²) in [5, 5.41) is 26.3. The first kappa shape index (κ1) is 38.2. The van der Waals surface area contributed by atoms with Crippen molar-refractivity contribution in [2.24, 2.45) is 39.9 Å². The Hall–Kier alpha value is -3.75. The average molecular weight is 600 g/mol.